The number of methoxy groups -OCH3 is 1. The van der Waals surface area contributed by atoms with Gasteiger partial charge in [-0.05, 0) is 30.2 Å². The summed E-state index contributed by atoms with van der Waals surface area (Å²) in [5.74, 6) is -3.45. The number of hydrogen-bond donors (Lipinski definition) is 0. The molecule has 1 atom stereocenters. The summed E-state index contributed by atoms with van der Waals surface area (Å²) in [6.45, 7) is 0.425. The molecule has 0 saturated heterocycles. The third-order valence-corrected chi connectivity index (χ3v) is 4.38. The molecule has 1 unspecified atom stereocenters. The number of halogens is 4. The Hall–Kier alpha value is -2.16. The zero-order valence-corrected chi connectivity index (χ0v) is 14.6. The molecular formula is C16H13BrF3N3O2. The molecule has 1 aromatic heterocycles. The Kier molecular flexibility index (Phi) is 4.68. The van der Waals surface area contributed by atoms with Crippen molar-refractivity contribution in [3.05, 3.63) is 46.2 Å². The molecule has 0 N–H and O–H groups in total. The normalized spacial score (nSPS) is 15.0. The first-order valence-corrected chi connectivity index (χ1v) is 8.13. The predicted octanol–water partition coefficient (Wildman–Crippen LogP) is 3.75. The van der Waals surface area contributed by atoms with E-state index in [1.54, 1.807) is 17.0 Å². The van der Waals surface area contributed by atoms with E-state index in [-0.39, 0.29) is 11.5 Å². The van der Waals surface area contributed by atoms with Crippen molar-refractivity contribution in [2.24, 2.45) is 0 Å². The van der Waals surface area contributed by atoms with Crippen molar-refractivity contribution in [1.82, 2.24) is 9.97 Å². The molecule has 2 aromatic rings. The summed E-state index contributed by atoms with van der Waals surface area (Å²) in [6.07, 6.45) is -1.24. The van der Waals surface area contributed by atoms with Gasteiger partial charge in [0.1, 0.15) is 0 Å². The third kappa shape index (κ3) is 3.33. The van der Waals surface area contributed by atoms with Crippen molar-refractivity contribution in [2.75, 3.05) is 18.6 Å². The Labute approximate surface area is 150 Å². The van der Waals surface area contributed by atoms with E-state index in [1.807, 2.05) is 0 Å². The average Bonchev–Trinajstić information content (AvgIpc) is 2.98. The Balaban J connectivity index is 2.20. The molecule has 0 saturated carbocycles. The van der Waals surface area contributed by atoms with Crippen LogP contribution in [0.5, 0.6) is 0 Å². The van der Waals surface area contributed by atoms with Crippen LogP contribution in [0.1, 0.15) is 17.0 Å². The molecule has 0 amide bonds. The third-order valence-electron chi connectivity index (χ3n) is 3.93. The molecule has 3 rings (SSSR count). The van der Waals surface area contributed by atoms with Crippen molar-refractivity contribution in [2.45, 2.75) is 18.5 Å². The summed E-state index contributed by atoms with van der Waals surface area (Å²) < 4.78 is 45.7. The predicted molar refractivity (Wildman–Crippen MR) is 87.7 cm³/mol. The Morgan fingerprint density at radius 1 is 1.32 bits per heavy atom. The van der Waals surface area contributed by atoms with E-state index in [0.717, 1.165) is 7.11 Å². The molecule has 0 aliphatic carbocycles. The molecule has 0 spiro atoms. The van der Waals surface area contributed by atoms with Gasteiger partial charge in [-0.3, -0.25) is 4.79 Å². The van der Waals surface area contributed by atoms with Crippen LogP contribution < -0.4 is 4.90 Å². The van der Waals surface area contributed by atoms with Crippen LogP contribution in [0.4, 0.5) is 24.8 Å². The first-order chi connectivity index (χ1) is 11.8. The fourth-order valence-electron chi connectivity index (χ4n) is 2.95. The zero-order valence-electron chi connectivity index (χ0n) is 13.0. The molecule has 2 heterocycles. The number of hydrogen-bond acceptors (Lipinski definition) is 5. The summed E-state index contributed by atoms with van der Waals surface area (Å²) in [5, 5.41) is 0. The summed E-state index contributed by atoms with van der Waals surface area (Å²) in [4.78, 5) is 21.7. The number of carbonyl (C=O) groups excluding carboxylic acids is 1. The Bertz CT molecular complexity index is 799. The molecular weight excluding hydrogens is 403 g/mol. The molecule has 1 aliphatic heterocycles. The summed E-state index contributed by atoms with van der Waals surface area (Å²) >= 11 is 3.23. The van der Waals surface area contributed by atoms with E-state index in [2.05, 4.69) is 30.6 Å². The van der Waals surface area contributed by atoms with Crippen LogP contribution in [0.15, 0.2) is 35.1 Å². The number of alkyl halides is 3. The van der Waals surface area contributed by atoms with Crippen LogP contribution in [0.25, 0.3) is 0 Å². The topological polar surface area (TPSA) is 55.3 Å². The van der Waals surface area contributed by atoms with Crippen molar-refractivity contribution < 1.29 is 22.7 Å². The minimum Gasteiger partial charge on any atom is -0.468 e. The summed E-state index contributed by atoms with van der Waals surface area (Å²) in [5.41, 5.74) is 0.825. The maximum absolute atomic E-state index is 13.6. The molecule has 0 fully saturated rings. The Morgan fingerprint density at radius 3 is 2.60 bits per heavy atom. The highest BCUT2D eigenvalue weighted by Crippen LogP contribution is 2.46. The van der Waals surface area contributed by atoms with E-state index in [4.69, 9.17) is 0 Å². The largest absolute Gasteiger partial charge is 0.468 e. The van der Waals surface area contributed by atoms with Crippen LogP contribution in [0.3, 0.4) is 0 Å². The number of nitrogens with zero attached hydrogens (tertiary/aromatic N) is 3. The minimum absolute atomic E-state index is 0.173. The number of esters is 1. The number of carbonyl (C=O) groups is 1. The van der Waals surface area contributed by atoms with Gasteiger partial charge in [0.15, 0.2) is 5.92 Å². The van der Waals surface area contributed by atoms with E-state index >= 15 is 0 Å². The van der Waals surface area contributed by atoms with Gasteiger partial charge in [-0.2, -0.15) is 13.2 Å². The Morgan fingerprint density at radius 2 is 2.00 bits per heavy atom. The lowest BCUT2D eigenvalue weighted by molar-refractivity contribution is -0.179. The van der Waals surface area contributed by atoms with Gasteiger partial charge in [0, 0.05) is 29.0 Å². The second kappa shape index (κ2) is 6.62. The van der Waals surface area contributed by atoms with Gasteiger partial charge in [0.25, 0.3) is 0 Å². The molecule has 0 radical (unpaired) electrons. The lowest BCUT2D eigenvalue weighted by atomic mass is 9.94. The first-order valence-electron chi connectivity index (χ1n) is 7.34. The smallest absolute Gasteiger partial charge is 0.406 e. The first kappa shape index (κ1) is 17.7. The van der Waals surface area contributed by atoms with Crippen LogP contribution in [0, 0.1) is 0 Å². The fraction of sp³-hybridized carbons (Fsp3) is 0.312. The SMILES string of the molecule is COC(=O)C(c1cc(Br)cc2c1N(c1ncccn1)CC2)C(F)(F)F. The fourth-order valence-corrected chi connectivity index (χ4v) is 3.47. The molecule has 1 aromatic carbocycles. The molecule has 5 nitrogen and oxygen atoms in total. The van der Waals surface area contributed by atoms with Gasteiger partial charge in [-0.15, -0.1) is 0 Å². The maximum Gasteiger partial charge on any atom is 0.406 e. The van der Waals surface area contributed by atoms with E-state index in [0.29, 0.717) is 28.7 Å². The number of anilines is 2. The standard InChI is InChI=1S/C16H13BrF3N3O2/c1-25-14(24)12(16(18,19)20)11-8-10(17)7-9-3-6-23(13(9)11)15-21-4-2-5-22-15/h2,4-5,7-8,12H,3,6H2,1H3. The highest BCUT2D eigenvalue weighted by atomic mass is 79.9. The van der Waals surface area contributed by atoms with Crippen LogP contribution >= 0.6 is 15.9 Å². The minimum atomic E-state index is -4.78. The maximum atomic E-state index is 13.6. The van der Waals surface area contributed by atoms with Gasteiger partial charge in [-0.1, -0.05) is 15.9 Å². The lowest BCUT2D eigenvalue weighted by Gasteiger charge is -2.25. The quantitative estimate of drug-likeness (QED) is 0.714. The monoisotopic (exact) mass is 415 g/mol. The van der Waals surface area contributed by atoms with Gasteiger partial charge in [0.2, 0.25) is 5.95 Å². The van der Waals surface area contributed by atoms with Crippen LogP contribution in [-0.4, -0.2) is 35.8 Å². The number of benzene rings is 1. The van der Waals surface area contributed by atoms with Gasteiger partial charge in [0.05, 0.1) is 12.8 Å². The van der Waals surface area contributed by atoms with Crippen molar-refractivity contribution in [1.29, 1.82) is 0 Å². The molecule has 132 valence electrons. The number of fused-ring (bicyclic) bond motifs is 1. The summed E-state index contributed by atoms with van der Waals surface area (Å²) in [7, 11) is 0.942. The van der Waals surface area contributed by atoms with Crippen molar-refractivity contribution in [3.63, 3.8) is 0 Å². The lowest BCUT2D eigenvalue weighted by Crippen LogP contribution is -2.31. The van der Waals surface area contributed by atoms with E-state index in [1.165, 1.54) is 18.5 Å². The van der Waals surface area contributed by atoms with Gasteiger partial charge >= 0.3 is 12.1 Å². The van der Waals surface area contributed by atoms with Crippen molar-refractivity contribution >= 4 is 33.5 Å². The highest BCUT2D eigenvalue weighted by Gasteiger charge is 2.49. The number of aromatic nitrogens is 2. The highest BCUT2D eigenvalue weighted by molar-refractivity contribution is 9.10. The van der Waals surface area contributed by atoms with E-state index in [9.17, 15) is 18.0 Å². The molecule has 0 bridgehead atoms. The van der Waals surface area contributed by atoms with Crippen molar-refractivity contribution in [3.8, 4) is 0 Å². The van der Waals surface area contributed by atoms with Crippen LogP contribution in [-0.2, 0) is 16.0 Å². The van der Waals surface area contributed by atoms with Gasteiger partial charge < -0.3 is 9.64 Å². The second-order valence-electron chi connectivity index (χ2n) is 5.45. The van der Waals surface area contributed by atoms with E-state index < -0.39 is 18.1 Å². The molecule has 9 heteroatoms. The van der Waals surface area contributed by atoms with Crippen LogP contribution in [0.2, 0.25) is 0 Å². The number of ether oxygens (including phenoxy) is 1. The average molecular weight is 416 g/mol. The second-order valence-corrected chi connectivity index (χ2v) is 6.37. The number of rotatable bonds is 3. The summed E-state index contributed by atoms with van der Waals surface area (Å²) in [6, 6.07) is 4.66. The molecule has 1 aliphatic rings. The zero-order chi connectivity index (χ0) is 18.2. The van der Waals surface area contributed by atoms with Gasteiger partial charge in [-0.25, -0.2) is 9.97 Å². The molecule has 25 heavy (non-hydrogen) atoms.